The molecule has 2 aromatic rings. The highest BCUT2D eigenvalue weighted by atomic mass is 16.5. The van der Waals surface area contributed by atoms with E-state index in [4.69, 9.17) is 9.78 Å². The van der Waals surface area contributed by atoms with Crippen LogP contribution in [0.2, 0.25) is 0 Å². The first-order valence-electron chi connectivity index (χ1n) is 6.00. The molecule has 0 spiro atoms. The molecule has 1 aromatic carbocycles. The third kappa shape index (κ3) is 2.75. The summed E-state index contributed by atoms with van der Waals surface area (Å²) in [7, 11) is 0. The third-order valence-electron chi connectivity index (χ3n) is 2.75. The van der Waals surface area contributed by atoms with Crippen LogP contribution in [0.25, 0.3) is 11.4 Å². The fraction of sp³-hybridized carbons (Fsp3) is 0.357. The Morgan fingerprint density at radius 3 is 2.61 bits per heavy atom. The lowest BCUT2D eigenvalue weighted by atomic mass is 10.0. The molecule has 0 aliphatic heterocycles. The molecule has 0 N–H and O–H groups in total. The van der Waals surface area contributed by atoms with Crippen LogP contribution in [-0.2, 0) is 6.42 Å². The Bertz CT molecular complexity index is 549. The van der Waals surface area contributed by atoms with E-state index in [-0.39, 0.29) is 0 Å². The standard InChI is InChI=1S/C14H15N3O/c1-10(2)11-5-7-12(8-6-11)14-16-13(18-17-14)4-3-9-15/h5-8,10H,3-4H2,1-2H3. The van der Waals surface area contributed by atoms with E-state index in [1.165, 1.54) is 5.56 Å². The fourth-order valence-corrected chi connectivity index (χ4v) is 1.65. The molecule has 1 heterocycles. The van der Waals surface area contributed by atoms with Gasteiger partial charge in [0, 0.05) is 18.4 Å². The zero-order valence-corrected chi connectivity index (χ0v) is 10.6. The van der Waals surface area contributed by atoms with E-state index in [1.54, 1.807) is 0 Å². The molecule has 92 valence electrons. The SMILES string of the molecule is CC(C)c1ccc(-c2noc(CCC#N)n2)cc1. The largest absolute Gasteiger partial charge is 0.339 e. The van der Waals surface area contributed by atoms with Crippen LogP contribution in [0.4, 0.5) is 0 Å². The Morgan fingerprint density at radius 1 is 1.28 bits per heavy atom. The van der Waals surface area contributed by atoms with E-state index < -0.39 is 0 Å². The van der Waals surface area contributed by atoms with Gasteiger partial charge in [0.1, 0.15) is 0 Å². The van der Waals surface area contributed by atoms with Crippen molar-refractivity contribution in [2.75, 3.05) is 0 Å². The highest BCUT2D eigenvalue weighted by molar-refractivity contribution is 5.54. The number of aromatic nitrogens is 2. The quantitative estimate of drug-likeness (QED) is 0.823. The first kappa shape index (κ1) is 12.3. The van der Waals surface area contributed by atoms with Crippen molar-refractivity contribution in [3.8, 4) is 17.5 Å². The topological polar surface area (TPSA) is 62.7 Å². The van der Waals surface area contributed by atoms with Crippen molar-refractivity contribution < 1.29 is 4.52 Å². The van der Waals surface area contributed by atoms with Crippen LogP contribution < -0.4 is 0 Å². The Kier molecular flexibility index (Phi) is 3.73. The van der Waals surface area contributed by atoms with Gasteiger partial charge in [-0.25, -0.2) is 0 Å². The minimum Gasteiger partial charge on any atom is -0.339 e. The second-order valence-corrected chi connectivity index (χ2v) is 4.45. The van der Waals surface area contributed by atoms with Gasteiger partial charge in [-0.1, -0.05) is 43.3 Å². The van der Waals surface area contributed by atoms with Gasteiger partial charge in [-0.05, 0) is 11.5 Å². The Balaban J connectivity index is 2.16. The molecular formula is C14H15N3O. The molecule has 0 bridgehead atoms. The monoisotopic (exact) mass is 241 g/mol. The van der Waals surface area contributed by atoms with Crippen LogP contribution in [0, 0.1) is 11.3 Å². The first-order valence-corrected chi connectivity index (χ1v) is 6.00. The molecule has 18 heavy (non-hydrogen) atoms. The molecule has 1 aromatic heterocycles. The second kappa shape index (κ2) is 5.46. The maximum absolute atomic E-state index is 8.49. The minimum atomic E-state index is 0.397. The highest BCUT2D eigenvalue weighted by Crippen LogP contribution is 2.20. The smallest absolute Gasteiger partial charge is 0.227 e. The maximum Gasteiger partial charge on any atom is 0.227 e. The number of aryl methyl sites for hydroxylation is 1. The molecule has 0 aliphatic carbocycles. The zero-order valence-electron chi connectivity index (χ0n) is 10.6. The minimum absolute atomic E-state index is 0.397. The van der Waals surface area contributed by atoms with Gasteiger partial charge in [0.15, 0.2) is 0 Å². The lowest BCUT2D eigenvalue weighted by molar-refractivity contribution is 0.380. The van der Waals surface area contributed by atoms with Gasteiger partial charge in [-0.15, -0.1) is 0 Å². The van der Waals surface area contributed by atoms with E-state index in [9.17, 15) is 0 Å². The van der Waals surface area contributed by atoms with Gasteiger partial charge in [-0.3, -0.25) is 0 Å². The summed E-state index contributed by atoms with van der Waals surface area (Å²) in [6.45, 7) is 4.31. The van der Waals surface area contributed by atoms with Crippen molar-refractivity contribution in [2.24, 2.45) is 0 Å². The Morgan fingerprint density at radius 2 is 2.00 bits per heavy atom. The lowest BCUT2D eigenvalue weighted by Crippen LogP contribution is -1.88. The van der Waals surface area contributed by atoms with Crippen LogP contribution in [0.3, 0.4) is 0 Å². The second-order valence-electron chi connectivity index (χ2n) is 4.45. The highest BCUT2D eigenvalue weighted by Gasteiger charge is 2.08. The number of nitriles is 1. The third-order valence-corrected chi connectivity index (χ3v) is 2.75. The number of benzene rings is 1. The van der Waals surface area contributed by atoms with E-state index in [2.05, 4.69) is 42.2 Å². The van der Waals surface area contributed by atoms with Gasteiger partial charge >= 0.3 is 0 Å². The summed E-state index contributed by atoms with van der Waals surface area (Å²) in [6, 6.07) is 10.2. The summed E-state index contributed by atoms with van der Waals surface area (Å²) in [5, 5.41) is 12.4. The average molecular weight is 241 g/mol. The molecule has 0 radical (unpaired) electrons. The normalized spacial score (nSPS) is 10.6. The van der Waals surface area contributed by atoms with E-state index in [0.717, 1.165) is 5.56 Å². The molecule has 0 amide bonds. The predicted molar refractivity (Wildman–Crippen MR) is 67.8 cm³/mol. The summed E-state index contributed by atoms with van der Waals surface area (Å²) in [5.41, 5.74) is 2.22. The van der Waals surface area contributed by atoms with Crippen molar-refractivity contribution in [1.29, 1.82) is 5.26 Å². The van der Waals surface area contributed by atoms with Gasteiger partial charge in [-0.2, -0.15) is 10.2 Å². The lowest BCUT2D eigenvalue weighted by Gasteiger charge is -2.04. The van der Waals surface area contributed by atoms with Gasteiger partial charge in [0.25, 0.3) is 0 Å². The molecule has 0 aliphatic rings. The van der Waals surface area contributed by atoms with Crippen LogP contribution in [0.15, 0.2) is 28.8 Å². The number of rotatable bonds is 4. The van der Waals surface area contributed by atoms with Crippen molar-refractivity contribution >= 4 is 0 Å². The molecule has 0 atom stereocenters. The summed E-state index contributed by atoms with van der Waals surface area (Å²) >= 11 is 0. The summed E-state index contributed by atoms with van der Waals surface area (Å²) < 4.78 is 5.09. The molecule has 4 nitrogen and oxygen atoms in total. The molecule has 4 heteroatoms. The van der Waals surface area contributed by atoms with Crippen molar-refractivity contribution in [2.45, 2.75) is 32.6 Å². The maximum atomic E-state index is 8.49. The zero-order chi connectivity index (χ0) is 13.0. The van der Waals surface area contributed by atoms with Crippen LogP contribution >= 0.6 is 0 Å². The molecule has 0 fully saturated rings. The number of hydrogen-bond acceptors (Lipinski definition) is 4. The van der Waals surface area contributed by atoms with Crippen LogP contribution in [-0.4, -0.2) is 10.1 Å². The first-order chi connectivity index (χ1) is 8.70. The molecule has 0 saturated carbocycles. The molecule has 0 unspecified atom stereocenters. The molecular weight excluding hydrogens is 226 g/mol. The van der Waals surface area contributed by atoms with Crippen LogP contribution in [0.1, 0.15) is 37.6 Å². The van der Waals surface area contributed by atoms with Crippen molar-refractivity contribution in [3.63, 3.8) is 0 Å². The van der Waals surface area contributed by atoms with Gasteiger partial charge < -0.3 is 4.52 Å². The van der Waals surface area contributed by atoms with Crippen LogP contribution in [0.5, 0.6) is 0 Å². The number of hydrogen-bond donors (Lipinski definition) is 0. The molecule has 2 rings (SSSR count). The molecule has 0 saturated heterocycles. The van der Waals surface area contributed by atoms with E-state index in [0.29, 0.717) is 30.5 Å². The summed E-state index contributed by atoms with van der Waals surface area (Å²) in [4.78, 5) is 4.26. The summed E-state index contributed by atoms with van der Waals surface area (Å²) in [6.07, 6.45) is 0.904. The summed E-state index contributed by atoms with van der Waals surface area (Å²) in [5.74, 6) is 1.60. The van der Waals surface area contributed by atoms with Crippen molar-refractivity contribution in [1.82, 2.24) is 10.1 Å². The Labute approximate surface area is 106 Å². The van der Waals surface area contributed by atoms with E-state index >= 15 is 0 Å². The van der Waals surface area contributed by atoms with E-state index in [1.807, 2.05) is 12.1 Å². The predicted octanol–water partition coefficient (Wildman–Crippen LogP) is 3.32. The Hall–Kier alpha value is -2.15. The van der Waals surface area contributed by atoms with Gasteiger partial charge in [0.2, 0.25) is 11.7 Å². The van der Waals surface area contributed by atoms with Gasteiger partial charge in [0.05, 0.1) is 6.07 Å². The number of nitrogens with zero attached hydrogens (tertiary/aromatic N) is 3. The average Bonchev–Trinajstić information content (AvgIpc) is 2.85. The van der Waals surface area contributed by atoms with Crippen molar-refractivity contribution in [3.05, 3.63) is 35.7 Å². The fourth-order valence-electron chi connectivity index (χ4n) is 1.65.